The molecule has 2 nitrogen and oxygen atoms in total. The molecule has 0 bridgehead atoms. The van der Waals surface area contributed by atoms with Gasteiger partial charge in [-0.1, -0.05) is 13.3 Å². The average molecular weight is 261 g/mol. The van der Waals surface area contributed by atoms with Crippen molar-refractivity contribution in [2.24, 2.45) is 0 Å². The second-order valence-corrected chi connectivity index (χ2v) is 4.05. The summed E-state index contributed by atoms with van der Waals surface area (Å²) in [5, 5.41) is 3.22. The topological polar surface area (TPSA) is 15.3 Å². The van der Waals surface area contributed by atoms with Crippen LogP contribution in [0.15, 0.2) is 0 Å². The fourth-order valence-corrected chi connectivity index (χ4v) is 1.99. The first-order valence-corrected chi connectivity index (χ1v) is 5.54. The zero-order valence-electron chi connectivity index (χ0n) is 9.52. The molecule has 1 atom stereocenters. The molecular formula is C10H20ClF3N2. The predicted octanol–water partition coefficient (Wildman–Crippen LogP) is 2.43. The summed E-state index contributed by atoms with van der Waals surface area (Å²) in [6.45, 7) is 4.58. The van der Waals surface area contributed by atoms with Crippen LogP contribution in [0.5, 0.6) is 0 Å². The fourth-order valence-electron chi connectivity index (χ4n) is 1.99. The normalized spacial score (nSPS) is 22.9. The molecule has 0 amide bonds. The first-order valence-electron chi connectivity index (χ1n) is 5.54. The van der Waals surface area contributed by atoms with Crippen molar-refractivity contribution in [3.63, 3.8) is 0 Å². The van der Waals surface area contributed by atoms with Gasteiger partial charge in [0.1, 0.15) is 0 Å². The molecule has 0 aromatic carbocycles. The zero-order valence-corrected chi connectivity index (χ0v) is 10.3. The van der Waals surface area contributed by atoms with Gasteiger partial charge in [-0.3, -0.25) is 4.90 Å². The van der Waals surface area contributed by atoms with E-state index in [2.05, 4.69) is 12.2 Å². The van der Waals surface area contributed by atoms with Gasteiger partial charge in [0.25, 0.3) is 0 Å². The molecule has 0 aromatic rings. The lowest BCUT2D eigenvalue weighted by Gasteiger charge is -2.36. The summed E-state index contributed by atoms with van der Waals surface area (Å²) in [7, 11) is 0. The van der Waals surface area contributed by atoms with Crippen molar-refractivity contribution in [3.8, 4) is 0 Å². The van der Waals surface area contributed by atoms with Crippen molar-refractivity contribution in [2.45, 2.75) is 38.4 Å². The minimum Gasteiger partial charge on any atom is -0.314 e. The fraction of sp³-hybridized carbons (Fsp3) is 1.00. The third kappa shape index (κ3) is 5.92. The van der Waals surface area contributed by atoms with E-state index in [0.29, 0.717) is 0 Å². The molecule has 0 aromatic heterocycles. The Bertz CT molecular complexity index is 185. The zero-order chi connectivity index (χ0) is 11.3. The van der Waals surface area contributed by atoms with Crippen LogP contribution < -0.4 is 5.32 Å². The number of piperazine rings is 1. The highest BCUT2D eigenvalue weighted by Gasteiger charge is 2.30. The monoisotopic (exact) mass is 260 g/mol. The molecule has 16 heavy (non-hydrogen) atoms. The summed E-state index contributed by atoms with van der Waals surface area (Å²) in [4.78, 5) is 1.97. The van der Waals surface area contributed by atoms with E-state index in [1.807, 2.05) is 4.90 Å². The number of hydrogen-bond donors (Lipinski definition) is 1. The van der Waals surface area contributed by atoms with Gasteiger partial charge in [-0.05, 0) is 6.42 Å². The molecule has 0 aliphatic carbocycles. The van der Waals surface area contributed by atoms with Gasteiger partial charge in [-0.25, -0.2) is 0 Å². The van der Waals surface area contributed by atoms with E-state index in [1.54, 1.807) is 0 Å². The van der Waals surface area contributed by atoms with Crippen LogP contribution in [0.1, 0.15) is 26.2 Å². The van der Waals surface area contributed by atoms with Crippen molar-refractivity contribution in [2.75, 3.05) is 26.2 Å². The maximum absolute atomic E-state index is 12.1. The van der Waals surface area contributed by atoms with Gasteiger partial charge in [0.2, 0.25) is 0 Å². The predicted molar refractivity (Wildman–Crippen MR) is 61.1 cm³/mol. The van der Waals surface area contributed by atoms with Crippen LogP contribution in [-0.4, -0.2) is 43.3 Å². The molecule has 6 heteroatoms. The van der Waals surface area contributed by atoms with Crippen LogP contribution in [-0.2, 0) is 0 Å². The second kappa shape index (κ2) is 7.35. The van der Waals surface area contributed by atoms with Crippen molar-refractivity contribution in [1.82, 2.24) is 10.2 Å². The Hall–Kier alpha value is -0.0000000000000000555. The number of alkyl halides is 3. The molecule has 1 fully saturated rings. The lowest BCUT2D eigenvalue weighted by molar-refractivity contribution is -0.139. The molecule has 1 heterocycles. The number of halogens is 4. The number of hydrogen-bond acceptors (Lipinski definition) is 2. The summed E-state index contributed by atoms with van der Waals surface area (Å²) < 4.78 is 36.2. The van der Waals surface area contributed by atoms with Gasteiger partial charge >= 0.3 is 6.18 Å². The third-order valence-corrected chi connectivity index (χ3v) is 2.78. The molecule has 1 rings (SSSR count). The Kier molecular flexibility index (Phi) is 7.35. The van der Waals surface area contributed by atoms with Gasteiger partial charge in [-0.2, -0.15) is 13.2 Å². The molecule has 1 aliphatic heterocycles. The van der Waals surface area contributed by atoms with Crippen LogP contribution in [0.2, 0.25) is 0 Å². The minimum atomic E-state index is -4.03. The second-order valence-electron chi connectivity index (χ2n) is 4.05. The van der Waals surface area contributed by atoms with E-state index in [4.69, 9.17) is 0 Å². The van der Waals surface area contributed by atoms with E-state index in [-0.39, 0.29) is 25.0 Å². The molecule has 1 N–H and O–H groups in total. The average Bonchev–Trinajstić information content (AvgIpc) is 2.16. The lowest BCUT2D eigenvalue weighted by atomic mass is 10.1. The number of nitrogens with zero attached hydrogens (tertiary/aromatic N) is 1. The van der Waals surface area contributed by atoms with Gasteiger partial charge in [0.15, 0.2) is 0 Å². The van der Waals surface area contributed by atoms with Crippen molar-refractivity contribution in [1.29, 1.82) is 0 Å². The highest BCUT2D eigenvalue weighted by atomic mass is 35.5. The molecular weight excluding hydrogens is 241 g/mol. The Balaban J connectivity index is 0.00000225. The summed E-state index contributed by atoms with van der Waals surface area (Å²) >= 11 is 0. The smallest absolute Gasteiger partial charge is 0.314 e. The molecule has 98 valence electrons. The standard InChI is InChI=1S/C10H19F3N2.ClH/c1-2-3-9-8-14-5-7-15(9)6-4-10(11,12)13;/h9,14H,2-8H2,1H3;1H. The van der Waals surface area contributed by atoms with E-state index in [0.717, 1.165) is 32.5 Å². The summed E-state index contributed by atoms with van der Waals surface area (Å²) in [6, 6.07) is 0.283. The quantitative estimate of drug-likeness (QED) is 0.835. The lowest BCUT2D eigenvalue weighted by Crippen LogP contribution is -2.51. The van der Waals surface area contributed by atoms with E-state index < -0.39 is 12.6 Å². The number of nitrogens with one attached hydrogen (secondary N) is 1. The van der Waals surface area contributed by atoms with E-state index in [9.17, 15) is 13.2 Å². The summed E-state index contributed by atoms with van der Waals surface area (Å²) in [5.74, 6) is 0. The Morgan fingerprint density at radius 1 is 1.38 bits per heavy atom. The maximum Gasteiger partial charge on any atom is 0.390 e. The first kappa shape index (κ1) is 16.0. The van der Waals surface area contributed by atoms with Crippen LogP contribution >= 0.6 is 12.4 Å². The van der Waals surface area contributed by atoms with E-state index in [1.165, 1.54) is 0 Å². The van der Waals surface area contributed by atoms with E-state index >= 15 is 0 Å². The summed E-state index contributed by atoms with van der Waals surface area (Å²) in [5.41, 5.74) is 0. The number of rotatable bonds is 4. The molecule has 1 unspecified atom stereocenters. The Labute approximate surface area is 101 Å². The molecule has 1 aliphatic rings. The van der Waals surface area contributed by atoms with Crippen molar-refractivity contribution >= 4 is 12.4 Å². The molecule has 0 saturated carbocycles. The maximum atomic E-state index is 12.1. The van der Waals surface area contributed by atoms with Gasteiger partial charge in [0.05, 0.1) is 6.42 Å². The highest BCUT2D eigenvalue weighted by molar-refractivity contribution is 5.85. The highest BCUT2D eigenvalue weighted by Crippen LogP contribution is 2.21. The SMILES string of the molecule is CCCC1CNCCN1CCC(F)(F)F.Cl. The van der Waals surface area contributed by atoms with Crippen LogP contribution in [0.4, 0.5) is 13.2 Å². The Morgan fingerprint density at radius 3 is 2.62 bits per heavy atom. The van der Waals surface area contributed by atoms with Crippen LogP contribution in [0.3, 0.4) is 0 Å². The first-order chi connectivity index (χ1) is 7.03. The molecule has 0 spiro atoms. The largest absolute Gasteiger partial charge is 0.390 e. The third-order valence-electron chi connectivity index (χ3n) is 2.78. The molecule has 0 radical (unpaired) electrons. The molecule has 1 saturated heterocycles. The van der Waals surface area contributed by atoms with Crippen molar-refractivity contribution in [3.05, 3.63) is 0 Å². The van der Waals surface area contributed by atoms with Gasteiger partial charge in [0, 0.05) is 32.2 Å². The van der Waals surface area contributed by atoms with Crippen LogP contribution in [0, 0.1) is 0 Å². The minimum absolute atomic E-state index is 0. The van der Waals surface area contributed by atoms with Gasteiger partial charge in [-0.15, -0.1) is 12.4 Å². The Morgan fingerprint density at radius 2 is 2.06 bits per heavy atom. The van der Waals surface area contributed by atoms with Gasteiger partial charge < -0.3 is 5.32 Å². The summed E-state index contributed by atoms with van der Waals surface area (Å²) in [6.07, 6.45) is -2.71. The van der Waals surface area contributed by atoms with Crippen molar-refractivity contribution < 1.29 is 13.2 Å². The van der Waals surface area contributed by atoms with Crippen LogP contribution in [0.25, 0.3) is 0 Å².